The summed E-state index contributed by atoms with van der Waals surface area (Å²) in [5, 5.41) is 3.44. The third-order valence-corrected chi connectivity index (χ3v) is 6.81. The molecule has 0 radical (unpaired) electrons. The van der Waals surface area contributed by atoms with E-state index in [2.05, 4.69) is 22.3 Å². The van der Waals surface area contributed by atoms with E-state index in [4.69, 9.17) is 16.5 Å². The van der Waals surface area contributed by atoms with Crippen molar-refractivity contribution < 1.29 is 4.79 Å². The number of nitrogens with zero attached hydrogens (tertiary/aromatic N) is 2. The van der Waals surface area contributed by atoms with Gasteiger partial charge in [0.1, 0.15) is 11.3 Å². The molecule has 4 rings (SSSR count). The van der Waals surface area contributed by atoms with Crippen molar-refractivity contribution in [3.8, 4) is 0 Å². The van der Waals surface area contributed by atoms with Gasteiger partial charge in [0.05, 0.1) is 6.04 Å². The number of hydrogen-bond donors (Lipinski definition) is 3. The molecule has 1 fully saturated rings. The van der Waals surface area contributed by atoms with Crippen LogP contribution < -0.4 is 16.8 Å². The minimum atomic E-state index is -0.804. The lowest BCUT2D eigenvalue weighted by molar-refractivity contribution is -0.119. The van der Waals surface area contributed by atoms with Gasteiger partial charge in [-0.2, -0.15) is 0 Å². The number of fused-ring (bicyclic) bond motifs is 1. The zero-order valence-corrected chi connectivity index (χ0v) is 18.3. The number of ketones is 1. The Labute approximate surface area is 185 Å². The van der Waals surface area contributed by atoms with Crippen molar-refractivity contribution in [2.75, 3.05) is 31.5 Å². The van der Waals surface area contributed by atoms with Crippen LogP contribution in [0.3, 0.4) is 0 Å². The Bertz CT molecular complexity index is 876. The van der Waals surface area contributed by atoms with E-state index in [0.29, 0.717) is 18.3 Å². The predicted molar refractivity (Wildman–Crippen MR) is 127 cm³/mol. The number of likely N-dealkylation sites (tertiary alicyclic amines) is 1. The molecule has 6 nitrogen and oxygen atoms in total. The lowest BCUT2D eigenvalue weighted by Crippen LogP contribution is -2.44. The van der Waals surface area contributed by atoms with Gasteiger partial charge < -0.3 is 21.7 Å². The number of nitrogens with one attached hydrogen (secondary N) is 1. The fourth-order valence-corrected chi connectivity index (χ4v) is 4.95. The highest BCUT2D eigenvalue weighted by atomic mass is 16.1. The smallest absolute Gasteiger partial charge is 0.173 e. The maximum Gasteiger partial charge on any atom is 0.173 e. The highest BCUT2D eigenvalue weighted by Crippen LogP contribution is 2.33. The second kappa shape index (κ2) is 9.79. The zero-order valence-electron chi connectivity index (χ0n) is 18.3. The monoisotopic (exact) mass is 421 g/mol. The van der Waals surface area contributed by atoms with Crippen LogP contribution in [0.1, 0.15) is 37.7 Å². The van der Waals surface area contributed by atoms with Crippen molar-refractivity contribution in [1.82, 2.24) is 4.90 Å². The van der Waals surface area contributed by atoms with Crippen molar-refractivity contribution >= 4 is 17.3 Å². The van der Waals surface area contributed by atoms with Gasteiger partial charge in [0.25, 0.3) is 0 Å². The molecule has 1 saturated heterocycles. The van der Waals surface area contributed by atoms with Crippen LogP contribution in [0.2, 0.25) is 0 Å². The molecule has 1 aromatic rings. The lowest BCUT2D eigenvalue weighted by Gasteiger charge is -2.31. The fraction of sp³-hybridized carbons (Fsp3) is 0.520. The number of carbonyl (C=O) groups excluding carboxylic acids is 1. The zero-order chi connectivity index (χ0) is 21.7. The number of unbranched alkanes of at least 4 members (excludes halogenated alkanes) is 2. The largest absolute Gasteiger partial charge is 0.386 e. The van der Waals surface area contributed by atoms with E-state index in [1.165, 1.54) is 5.56 Å². The van der Waals surface area contributed by atoms with Crippen molar-refractivity contribution in [1.29, 1.82) is 0 Å². The Kier molecular flexibility index (Phi) is 6.88. The molecular weight excluding hydrogens is 386 g/mol. The van der Waals surface area contributed by atoms with E-state index in [1.54, 1.807) is 12.2 Å². The number of carbonyl (C=O) groups is 1. The average molecular weight is 422 g/mol. The van der Waals surface area contributed by atoms with Crippen LogP contribution in [0.25, 0.3) is 0 Å². The number of nitrogens with two attached hydrogens (primary N) is 2. The molecule has 0 bridgehead atoms. The first-order chi connectivity index (χ1) is 15.1. The van der Waals surface area contributed by atoms with E-state index in [9.17, 15) is 4.79 Å². The number of benzene rings is 1. The van der Waals surface area contributed by atoms with E-state index in [-0.39, 0.29) is 11.8 Å². The van der Waals surface area contributed by atoms with Crippen LogP contribution in [0.5, 0.6) is 0 Å². The lowest BCUT2D eigenvalue weighted by atomic mass is 9.75. The van der Waals surface area contributed by atoms with Gasteiger partial charge in [-0.3, -0.25) is 9.79 Å². The molecule has 166 valence electrons. The molecule has 31 heavy (non-hydrogen) atoms. The summed E-state index contributed by atoms with van der Waals surface area (Å²) in [6.07, 6.45) is 13.1. The summed E-state index contributed by atoms with van der Waals surface area (Å²) in [5.41, 5.74) is 14.2. The number of rotatable bonds is 8. The van der Waals surface area contributed by atoms with Crippen LogP contribution in [0.4, 0.5) is 5.69 Å². The van der Waals surface area contributed by atoms with Gasteiger partial charge in [-0.1, -0.05) is 49.3 Å². The summed E-state index contributed by atoms with van der Waals surface area (Å²) in [4.78, 5) is 20.3. The summed E-state index contributed by atoms with van der Waals surface area (Å²) in [6, 6.07) is 8.67. The first-order valence-electron chi connectivity index (χ1n) is 11.6. The maximum atomic E-state index is 13.0. The van der Waals surface area contributed by atoms with Crippen molar-refractivity contribution in [2.24, 2.45) is 21.9 Å². The Morgan fingerprint density at radius 1 is 1.23 bits per heavy atom. The molecule has 1 aromatic carbocycles. The van der Waals surface area contributed by atoms with E-state index >= 15 is 0 Å². The summed E-state index contributed by atoms with van der Waals surface area (Å²) in [6.45, 7) is 3.93. The van der Waals surface area contributed by atoms with Crippen LogP contribution in [-0.4, -0.2) is 54.8 Å². The van der Waals surface area contributed by atoms with Crippen LogP contribution >= 0.6 is 0 Å². The number of allylic oxidation sites excluding steroid dienone is 3. The fourth-order valence-electron chi connectivity index (χ4n) is 4.95. The number of anilines is 1. The Balaban J connectivity index is 1.37. The summed E-state index contributed by atoms with van der Waals surface area (Å²) < 4.78 is 0. The summed E-state index contributed by atoms with van der Waals surface area (Å²) in [5.74, 6) is 0.501. The average Bonchev–Trinajstić information content (AvgIpc) is 3.19. The van der Waals surface area contributed by atoms with Gasteiger partial charge in [-0.25, -0.2) is 0 Å². The maximum absolute atomic E-state index is 13.0. The van der Waals surface area contributed by atoms with Gasteiger partial charge in [0, 0.05) is 24.8 Å². The number of para-hydroxylation sites is 1. The molecule has 0 aromatic heterocycles. The predicted octanol–water partition coefficient (Wildman–Crippen LogP) is 2.66. The minimum absolute atomic E-state index is 0.0401. The van der Waals surface area contributed by atoms with Gasteiger partial charge in [0.2, 0.25) is 0 Å². The quantitative estimate of drug-likeness (QED) is 0.341. The molecule has 0 saturated carbocycles. The molecular formula is C25H35N5O. The summed E-state index contributed by atoms with van der Waals surface area (Å²) >= 11 is 0. The molecule has 6 heteroatoms. The van der Waals surface area contributed by atoms with Crippen molar-refractivity contribution in [2.45, 2.75) is 50.6 Å². The molecule has 0 spiro atoms. The minimum Gasteiger partial charge on any atom is -0.386 e. The Morgan fingerprint density at radius 3 is 2.90 bits per heavy atom. The number of amidine groups is 1. The third kappa shape index (κ3) is 5.08. The number of aliphatic imine (C=N–C) groups is 1. The Hall–Kier alpha value is -2.44. The molecule has 2 heterocycles. The van der Waals surface area contributed by atoms with Crippen LogP contribution in [0.15, 0.2) is 53.6 Å². The molecule has 3 atom stereocenters. The van der Waals surface area contributed by atoms with Gasteiger partial charge >= 0.3 is 0 Å². The van der Waals surface area contributed by atoms with Crippen molar-refractivity contribution in [3.05, 3.63) is 54.1 Å². The third-order valence-electron chi connectivity index (χ3n) is 6.81. The topological polar surface area (TPSA) is 96.7 Å². The highest BCUT2D eigenvalue weighted by molar-refractivity contribution is 6.15. The van der Waals surface area contributed by atoms with Crippen molar-refractivity contribution in [3.63, 3.8) is 0 Å². The molecule has 0 amide bonds. The highest BCUT2D eigenvalue weighted by Gasteiger charge is 2.39. The molecule has 2 aliphatic heterocycles. The second-order valence-electron chi connectivity index (χ2n) is 9.12. The normalized spacial score (nSPS) is 28.5. The molecule has 1 aliphatic carbocycles. The number of hydrogen-bond acceptors (Lipinski definition) is 5. The SMILES string of the molecule is NC(=NC1CNc2ccccc2C1)C1(CCCCCN2CCC(N)C2)C=CC=CC1=O. The van der Waals surface area contributed by atoms with Gasteiger partial charge in [-0.05, 0) is 56.5 Å². The Morgan fingerprint density at radius 2 is 2.10 bits per heavy atom. The molecule has 3 unspecified atom stereocenters. The molecule has 3 aliphatic rings. The second-order valence-corrected chi connectivity index (χ2v) is 9.12. The van der Waals surface area contributed by atoms with E-state index < -0.39 is 5.41 Å². The molecule has 5 N–H and O–H groups in total. The summed E-state index contributed by atoms with van der Waals surface area (Å²) in [7, 11) is 0. The standard InChI is InChI=1S/C25H35N5O/c26-20-11-15-30(18-20)14-7-1-5-12-25(13-6-4-10-23(25)31)24(27)29-21-16-19-8-2-3-9-22(19)28-17-21/h2-4,6,8-10,13,20-21,28H,1,5,7,11-12,14-18,26H2,(H2,27,29). The first-order valence-corrected chi connectivity index (χ1v) is 11.6. The van der Waals surface area contributed by atoms with Crippen LogP contribution in [-0.2, 0) is 11.2 Å². The van der Waals surface area contributed by atoms with E-state index in [0.717, 1.165) is 64.0 Å². The van der Waals surface area contributed by atoms with Crippen LogP contribution in [0, 0.1) is 5.41 Å². The van der Waals surface area contributed by atoms with Gasteiger partial charge in [-0.15, -0.1) is 0 Å². The van der Waals surface area contributed by atoms with E-state index in [1.807, 2.05) is 24.3 Å². The van der Waals surface area contributed by atoms with Gasteiger partial charge in [0.15, 0.2) is 5.78 Å². The first kappa shape index (κ1) is 21.8.